The third-order valence-corrected chi connectivity index (χ3v) is 2.84. The Hall–Kier alpha value is -0.670. The van der Waals surface area contributed by atoms with E-state index < -0.39 is 0 Å². The number of hydrogen-bond donors (Lipinski definition) is 0. The molecule has 0 atom stereocenters. The van der Waals surface area contributed by atoms with Crippen LogP contribution >= 0.6 is 27.5 Å². The smallest absolute Gasteiger partial charge is 0.138 e. The minimum Gasteiger partial charge on any atom is -0.244 e. The van der Waals surface area contributed by atoms with Gasteiger partial charge in [0.2, 0.25) is 0 Å². The van der Waals surface area contributed by atoms with E-state index in [1.54, 1.807) is 18.3 Å². The normalized spacial score (nSPS) is 10.7. The number of halogens is 3. The summed E-state index contributed by atoms with van der Waals surface area (Å²) >= 11 is 8.96. The van der Waals surface area contributed by atoms with Gasteiger partial charge < -0.3 is 0 Å². The fourth-order valence-electron chi connectivity index (χ4n) is 1.16. The highest BCUT2D eigenvalue weighted by Crippen LogP contribution is 2.30. The molecule has 1 nitrogen and oxygen atoms in total. The number of fused-ring (bicyclic) bond motifs is 1. The van der Waals surface area contributed by atoms with Gasteiger partial charge in [0.05, 0.1) is 4.47 Å². The second kappa shape index (κ2) is 3.24. The standard InChI is InChI=1S/C9H4BrClFN/c10-8-6(12)2-1-5-3-4-13-9(11)7(5)8/h1-4H. The van der Waals surface area contributed by atoms with Crippen molar-refractivity contribution in [1.29, 1.82) is 0 Å². The quantitative estimate of drug-likeness (QED) is 0.657. The summed E-state index contributed by atoms with van der Waals surface area (Å²) in [5.41, 5.74) is 0. The summed E-state index contributed by atoms with van der Waals surface area (Å²) < 4.78 is 13.5. The number of pyridine rings is 1. The largest absolute Gasteiger partial charge is 0.244 e. The maximum absolute atomic E-state index is 13.1. The van der Waals surface area contributed by atoms with Gasteiger partial charge in [0.15, 0.2) is 0 Å². The van der Waals surface area contributed by atoms with Crippen molar-refractivity contribution >= 4 is 38.3 Å². The molecule has 13 heavy (non-hydrogen) atoms. The van der Waals surface area contributed by atoms with E-state index in [0.29, 0.717) is 15.0 Å². The van der Waals surface area contributed by atoms with Crippen LogP contribution < -0.4 is 0 Å². The molecule has 0 aliphatic carbocycles. The van der Waals surface area contributed by atoms with Gasteiger partial charge in [-0.25, -0.2) is 9.37 Å². The van der Waals surface area contributed by atoms with Crippen LogP contribution in [0.4, 0.5) is 4.39 Å². The Morgan fingerprint density at radius 1 is 1.31 bits per heavy atom. The molecule has 4 heteroatoms. The molecule has 0 saturated heterocycles. The second-order valence-electron chi connectivity index (χ2n) is 2.56. The van der Waals surface area contributed by atoms with Crippen LogP contribution in [0.25, 0.3) is 10.8 Å². The molecule has 2 rings (SSSR count). The highest BCUT2D eigenvalue weighted by atomic mass is 79.9. The Kier molecular flexibility index (Phi) is 2.22. The molecule has 1 aromatic carbocycles. The van der Waals surface area contributed by atoms with Crippen molar-refractivity contribution < 1.29 is 4.39 Å². The Bertz CT molecular complexity index is 472. The van der Waals surface area contributed by atoms with Gasteiger partial charge in [-0.15, -0.1) is 0 Å². The lowest BCUT2D eigenvalue weighted by Crippen LogP contribution is -1.83. The van der Waals surface area contributed by atoms with E-state index in [2.05, 4.69) is 20.9 Å². The third kappa shape index (κ3) is 1.42. The predicted molar refractivity (Wildman–Crippen MR) is 54.4 cm³/mol. The molecule has 0 amide bonds. The Morgan fingerprint density at radius 2 is 2.08 bits per heavy atom. The maximum Gasteiger partial charge on any atom is 0.138 e. The minimum atomic E-state index is -0.331. The summed E-state index contributed by atoms with van der Waals surface area (Å²) in [4.78, 5) is 3.88. The van der Waals surface area contributed by atoms with Crippen LogP contribution in [0, 0.1) is 5.82 Å². The molecule has 0 saturated carbocycles. The van der Waals surface area contributed by atoms with Gasteiger partial charge in [-0.1, -0.05) is 17.7 Å². The van der Waals surface area contributed by atoms with E-state index in [4.69, 9.17) is 11.6 Å². The van der Waals surface area contributed by atoms with E-state index in [1.807, 2.05) is 0 Å². The molecule has 0 N–H and O–H groups in total. The Morgan fingerprint density at radius 3 is 2.85 bits per heavy atom. The van der Waals surface area contributed by atoms with Gasteiger partial charge in [-0.05, 0) is 33.4 Å². The molecular formula is C9H4BrClFN. The van der Waals surface area contributed by atoms with Crippen molar-refractivity contribution in [1.82, 2.24) is 4.98 Å². The monoisotopic (exact) mass is 259 g/mol. The summed E-state index contributed by atoms with van der Waals surface area (Å²) in [6.07, 6.45) is 1.59. The van der Waals surface area contributed by atoms with Gasteiger partial charge in [0.1, 0.15) is 11.0 Å². The summed E-state index contributed by atoms with van der Waals surface area (Å²) in [6, 6.07) is 4.84. The lowest BCUT2D eigenvalue weighted by Gasteiger charge is -2.02. The van der Waals surface area contributed by atoms with E-state index in [9.17, 15) is 4.39 Å². The van der Waals surface area contributed by atoms with Crippen molar-refractivity contribution in [3.05, 3.63) is 39.8 Å². The first kappa shape index (κ1) is 8.91. The molecule has 1 heterocycles. The van der Waals surface area contributed by atoms with Gasteiger partial charge in [-0.3, -0.25) is 0 Å². The van der Waals surface area contributed by atoms with E-state index in [-0.39, 0.29) is 5.82 Å². The van der Waals surface area contributed by atoms with Crippen LogP contribution in [0.15, 0.2) is 28.9 Å². The molecular weight excluding hydrogens is 256 g/mol. The van der Waals surface area contributed by atoms with Crippen LogP contribution in [-0.2, 0) is 0 Å². The number of hydrogen-bond acceptors (Lipinski definition) is 1. The summed E-state index contributed by atoms with van der Waals surface area (Å²) in [6.45, 7) is 0. The number of aromatic nitrogens is 1. The second-order valence-corrected chi connectivity index (χ2v) is 3.71. The van der Waals surface area contributed by atoms with E-state index in [1.165, 1.54) is 6.07 Å². The molecule has 66 valence electrons. The van der Waals surface area contributed by atoms with Crippen molar-refractivity contribution in [3.63, 3.8) is 0 Å². The summed E-state index contributed by atoms with van der Waals surface area (Å²) in [5.74, 6) is -0.331. The van der Waals surface area contributed by atoms with Crippen LogP contribution in [0.1, 0.15) is 0 Å². The number of nitrogens with zero attached hydrogens (tertiary/aromatic N) is 1. The highest BCUT2D eigenvalue weighted by molar-refractivity contribution is 9.10. The van der Waals surface area contributed by atoms with Gasteiger partial charge in [0, 0.05) is 11.6 Å². The molecule has 2 aromatic rings. The molecule has 0 spiro atoms. The lowest BCUT2D eigenvalue weighted by molar-refractivity contribution is 0.623. The first-order chi connectivity index (χ1) is 6.20. The lowest BCUT2D eigenvalue weighted by atomic mass is 10.2. The van der Waals surface area contributed by atoms with E-state index in [0.717, 1.165) is 5.39 Å². The molecule has 0 unspecified atom stereocenters. The summed E-state index contributed by atoms with van der Waals surface area (Å²) in [5, 5.41) is 1.79. The Labute approximate surface area is 87.7 Å². The molecule has 0 aliphatic heterocycles. The van der Waals surface area contributed by atoms with Crippen molar-refractivity contribution in [2.24, 2.45) is 0 Å². The zero-order valence-electron chi connectivity index (χ0n) is 6.39. The van der Waals surface area contributed by atoms with Crippen LogP contribution in [0.2, 0.25) is 5.15 Å². The van der Waals surface area contributed by atoms with Crippen LogP contribution in [0.3, 0.4) is 0 Å². The number of rotatable bonds is 0. The topological polar surface area (TPSA) is 12.9 Å². The van der Waals surface area contributed by atoms with Crippen molar-refractivity contribution in [2.45, 2.75) is 0 Å². The average molecular weight is 260 g/mol. The molecule has 0 bridgehead atoms. The van der Waals surface area contributed by atoms with Gasteiger partial charge >= 0.3 is 0 Å². The fourth-order valence-corrected chi connectivity index (χ4v) is 2.08. The van der Waals surface area contributed by atoms with Gasteiger partial charge in [0.25, 0.3) is 0 Å². The van der Waals surface area contributed by atoms with Crippen molar-refractivity contribution in [2.75, 3.05) is 0 Å². The fraction of sp³-hybridized carbons (Fsp3) is 0. The SMILES string of the molecule is Fc1ccc2ccnc(Cl)c2c1Br. The maximum atomic E-state index is 13.1. The molecule has 0 fully saturated rings. The average Bonchev–Trinajstić information content (AvgIpc) is 2.12. The molecule has 0 radical (unpaired) electrons. The highest BCUT2D eigenvalue weighted by Gasteiger charge is 2.07. The van der Waals surface area contributed by atoms with Crippen molar-refractivity contribution in [3.8, 4) is 0 Å². The third-order valence-electron chi connectivity index (χ3n) is 1.78. The van der Waals surface area contributed by atoms with Gasteiger partial charge in [-0.2, -0.15) is 0 Å². The molecule has 1 aromatic heterocycles. The van der Waals surface area contributed by atoms with Crippen LogP contribution in [-0.4, -0.2) is 4.98 Å². The molecule has 0 aliphatic rings. The predicted octanol–water partition coefficient (Wildman–Crippen LogP) is 3.79. The zero-order chi connectivity index (χ0) is 9.42. The number of benzene rings is 1. The minimum absolute atomic E-state index is 0.309. The Balaban J connectivity index is 2.97. The summed E-state index contributed by atoms with van der Waals surface area (Å²) in [7, 11) is 0. The first-order valence-corrected chi connectivity index (χ1v) is 4.75. The zero-order valence-corrected chi connectivity index (χ0v) is 8.73. The van der Waals surface area contributed by atoms with Crippen LogP contribution in [0.5, 0.6) is 0 Å². The first-order valence-electron chi connectivity index (χ1n) is 3.58. The van der Waals surface area contributed by atoms with E-state index >= 15 is 0 Å².